The second kappa shape index (κ2) is 8.72. The Labute approximate surface area is 179 Å². The van der Waals surface area contributed by atoms with Crippen LogP contribution in [0.5, 0.6) is 0 Å². The van der Waals surface area contributed by atoms with Crippen LogP contribution >= 0.6 is 23.1 Å². The van der Waals surface area contributed by atoms with Gasteiger partial charge in [0, 0.05) is 16.6 Å². The van der Waals surface area contributed by atoms with Gasteiger partial charge < -0.3 is 5.32 Å². The van der Waals surface area contributed by atoms with E-state index in [1.54, 1.807) is 23.2 Å². The van der Waals surface area contributed by atoms with Crippen LogP contribution in [0.3, 0.4) is 0 Å². The summed E-state index contributed by atoms with van der Waals surface area (Å²) in [7, 11) is 0. The molecule has 2 aromatic carbocycles. The number of halogens is 2. The van der Waals surface area contributed by atoms with Crippen LogP contribution in [0, 0.1) is 11.6 Å². The molecule has 2 aromatic heterocycles. The Morgan fingerprint density at radius 2 is 1.97 bits per heavy atom. The Morgan fingerprint density at radius 3 is 2.73 bits per heavy atom. The third-order valence-corrected chi connectivity index (χ3v) is 5.97. The number of carbonyl (C=O) groups is 1. The van der Waals surface area contributed by atoms with Gasteiger partial charge in [-0.3, -0.25) is 9.36 Å². The van der Waals surface area contributed by atoms with Crippen molar-refractivity contribution in [1.29, 1.82) is 0 Å². The number of para-hydroxylation sites is 1. The molecule has 6 nitrogen and oxygen atoms in total. The first-order chi connectivity index (χ1) is 14.5. The maximum Gasteiger partial charge on any atom is 0.239 e. The summed E-state index contributed by atoms with van der Waals surface area (Å²) >= 11 is 2.48. The van der Waals surface area contributed by atoms with E-state index in [4.69, 9.17) is 0 Å². The van der Waals surface area contributed by atoms with Crippen LogP contribution in [0.1, 0.15) is 6.92 Å². The van der Waals surface area contributed by atoms with Crippen molar-refractivity contribution in [2.75, 3.05) is 5.32 Å². The van der Waals surface area contributed by atoms with Gasteiger partial charge in [0.25, 0.3) is 0 Å². The molecule has 4 rings (SSSR count). The number of nitrogens with one attached hydrogen (secondary N) is 1. The number of benzene rings is 2. The van der Waals surface area contributed by atoms with Gasteiger partial charge >= 0.3 is 0 Å². The Balaban J connectivity index is 1.43. The standard InChI is InChI=1S/C20H15F2N5OS2/c1-12(30-20-26-23-11-27(20)14-5-3-2-4-6-14)18(28)25-19-24-17(10-29-19)13-7-8-15(21)16(22)9-13/h2-12H,1H3,(H,24,25,28). The Hall–Kier alpha value is -3.11. The second-order valence-corrected chi connectivity index (χ2v) is 8.40. The molecular formula is C20H15F2N5OS2. The lowest BCUT2D eigenvalue weighted by molar-refractivity contribution is -0.115. The van der Waals surface area contributed by atoms with Crippen molar-refractivity contribution in [2.45, 2.75) is 17.3 Å². The lowest BCUT2D eigenvalue weighted by atomic mass is 10.2. The number of hydrogen-bond donors (Lipinski definition) is 1. The van der Waals surface area contributed by atoms with Crippen LogP contribution in [-0.2, 0) is 4.79 Å². The van der Waals surface area contributed by atoms with Gasteiger partial charge in [-0.25, -0.2) is 13.8 Å². The first-order valence-corrected chi connectivity index (χ1v) is 10.6. The highest BCUT2D eigenvalue weighted by Gasteiger charge is 2.20. The summed E-state index contributed by atoms with van der Waals surface area (Å²) in [5.74, 6) is -2.12. The molecule has 2 heterocycles. The maximum atomic E-state index is 13.4. The van der Waals surface area contributed by atoms with E-state index in [9.17, 15) is 13.6 Å². The SMILES string of the molecule is CC(Sc1nncn1-c1ccccc1)C(=O)Nc1nc(-c2ccc(F)c(F)c2)cs1. The zero-order valence-electron chi connectivity index (χ0n) is 15.6. The fourth-order valence-corrected chi connectivity index (χ4v) is 4.17. The largest absolute Gasteiger partial charge is 0.301 e. The van der Waals surface area contributed by atoms with Crippen molar-refractivity contribution in [3.63, 3.8) is 0 Å². The lowest BCUT2D eigenvalue weighted by Crippen LogP contribution is -2.22. The Kier molecular flexibility index (Phi) is 5.86. The van der Waals surface area contributed by atoms with Crippen LogP contribution in [0.25, 0.3) is 16.9 Å². The van der Waals surface area contributed by atoms with Crippen molar-refractivity contribution >= 4 is 34.1 Å². The predicted molar refractivity (Wildman–Crippen MR) is 113 cm³/mol. The minimum absolute atomic E-state index is 0.256. The van der Waals surface area contributed by atoms with Crippen LogP contribution in [0.4, 0.5) is 13.9 Å². The number of carbonyl (C=O) groups excluding carboxylic acids is 1. The monoisotopic (exact) mass is 443 g/mol. The summed E-state index contributed by atoms with van der Waals surface area (Å²) in [6, 6.07) is 13.1. The summed E-state index contributed by atoms with van der Waals surface area (Å²) in [4.78, 5) is 16.9. The van der Waals surface area contributed by atoms with E-state index in [2.05, 4.69) is 20.5 Å². The zero-order valence-corrected chi connectivity index (χ0v) is 17.3. The van der Waals surface area contributed by atoms with Crippen LogP contribution in [-0.4, -0.2) is 30.9 Å². The van der Waals surface area contributed by atoms with E-state index in [0.717, 1.165) is 17.8 Å². The van der Waals surface area contributed by atoms with E-state index in [1.807, 2.05) is 30.3 Å². The number of amides is 1. The molecule has 0 radical (unpaired) electrons. The normalized spacial score (nSPS) is 12.0. The van der Waals surface area contributed by atoms with Crippen LogP contribution in [0.15, 0.2) is 65.4 Å². The third-order valence-electron chi connectivity index (χ3n) is 4.15. The molecule has 0 fully saturated rings. The first-order valence-electron chi connectivity index (χ1n) is 8.85. The molecule has 152 valence electrons. The molecule has 1 N–H and O–H groups in total. The van der Waals surface area contributed by atoms with Crippen molar-refractivity contribution in [3.8, 4) is 16.9 Å². The molecule has 0 aliphatic carbocycles. The average Bonchev–Trinajstić information content (AvgIpc) is 3.40. The van der Waals surface area contributed by atoms with Crippen LogP contribution in [0.2, 0.25) is 0 Å². The van der Waals surface area contributed by atoms with E-state index in [1.165, 1.54) is 29.2 Å². The molecule has 10 heteroatoms. The highest BCUT2D eigenvalue weighted by molar-refractivity contribution is 8.00. The first kappa shape index (κ1) is 20.2. The number of thioether (sulfide) groups is 1. The minimum atomic E-state index is -0.946. The predicted octanol–water partition coefficient (Wildman–Crippen LogP) is 4.79. The molecule has 4 aromatic rings. The number of nitrogens with zero attached hydrogens (tertiary/aromatic N) is 4. The number of thiazole rings is 1. The van der Waals surface area contributed by atoms with Crippen molar-refractivity contribution in [1.82, 2.24) is 19.7 Å². The van der Waals surface area contributed by atoms with Gasteiger partial charge in [0.15, 0.2) is 21.9 Å². The zero-order chi connectivity index (χ0) is 21.1. The highest BCUT2D eigenvalue weighted by Crippen LogP contribution is 2.28. The molecule has 1 unspecified atom stereocenters. The highest BCUT2D eigenvalue weighted by atomic mass is 32.2. The summed E-state index contributed by atoms with van der Waals surface area (Å²) < 4.78 is 28.4. The topological polar surface area (TPSA) is 72.7 Å². The second-order valence-electron chi connectivity index (χ2n) is 6.24. The minimum Gasteiger partial charge on any atom is -0.301 e. The summed E-state index contributed by atoms with van der Waals surface area (Å²) in [5, 5.41) is 13.0. The van der Waals surface area contributed by atoms with E-state index in [0.29, 0.717) is 21.5 Å². The summed E-state index contributed by atoms with van der Waals surface area (Å²) in [5.41, 5.74) is 1.79. The number of aromatic nitrogens is 4. The molecular weight excluding hydrogens is 428 g/mol. The fraction of sp³-hybridized carbons (Fsp3) is 0.100. The third kappa shape index (κ3) is 4.39. The lowest BCUT2D eigenvalue weighted by Gasteiger charge is -2.11. The van der Waals surface area contributed by atoms with Crippen molar-refractivity contribution in [3.05, 3.63) is 71.9 Å². The average molecular weight is 444 g/mol. The summed E-state index contributed by atoms with van der Waals surface area (Å²) in [6.45, 7) is 1.76. The maximum absolute atomic E-state index is 13.4. The Bertz CT molecular complexity index is 1180. The van der Waals surface area contributed by atoms with Gasteiger partial charge in [0.2, 0.25) is 5.91 Å². The quantitative estimate of drug-likeness (QED) is 0.434. The van der Waals surface area contributed by atoms with E-state index in [-0.39, 0.29) is 5.91 Å². The molecule has 30 heavy (non-hydrogen) atoms. The van der Waals surface area contributed by atoms with Crippen molar-refractivity contribution < 1.29 is 13.6 Å². The van der Waals surface area contributed by atoms with E-state index < -0.39 is 16.9 Å². The molecule has 0 aliphatic heterocycles. The molecule has 0 spiro atoms. The van der Waals surface area contributed by atoms with Crippen LogP contribution < -0.4 is 5.32 Å². The van der Waals surface area contributed by atoms with Gasteiger partial charge in [0.1, 0.15) is 6.33 Å². The number of rotatable bonds is 6. The number of anilines is 1. The van der Waals surface area contributed by atoms with Gasteiger partial charge in [-0.15, -0.1) is 21.5 Å². The smallest absolute Gasteiger partial charge is 0.239 e. The molecule has 1 amide bonds. The Morgan fingerprint density at radius 1 is 1.17 bits per heavy atom. The molecule has 1 atom stereocenters. The molecule has 0 saturated heterocycles. The fourth-order valence-electron chi connectivity index (χ4n) is 2.61. The van der Waals surface area contributed by atoms with Crippen molar-refractivity contribution in [2.24, 2.45) is 0 Å². The van der Waals surface area contributed by atoms with Gasteiger partial charge in [-0.1, -0.05) is 30.0 Å². The van der Waals surface area contributed by atoms with Gasteiger partial charge in [-0.2, -0.15) is 0 Å². The van der Waals surface area contributed by atoms with Gasteiger partial charge in [0.05, 0.1) is 10.9 Å². The number of hydrogen-bond acceptors (Lipinski definition) is 6. The summed E-state index contributed by atoms with van der Waals surface area (Å²) in [6.07, 6.45) is 1.59. The molecule has 0 aliphatic rings. The molecule has 0 bridgehead atoms. The van der Waals surface area contributed by atoms with E-state index >= 15 is 0 Å². The molecule has 0 saturated carbocycles. The van der Waals surface area contributed by atoms with Gasteiger partial charge in [-0.05, 0) is 37.3 Å².